The lowest BCUT2D eigenvalue weighted by atomic mass is 10.7. The Bertz CT molecular complexity index is 175. The van der Waals surface area contributed by atoms with Crippen LogP contribution in [0.2, 0.25) is 0 Å². The van der Waals surface area contributed by atoms with E-state index in [2.05, 4.69) is 0 Å². The number of hydroxylamine groups is 4. The lowest BCUT2D eigenvalue weighted by molar-refractivity contribution is -0.267. The van der Waals surface area contributed by atoms with Gasteiger partial charge in [-0.15, -0.1) is 0 Å². The van der Waals surface area contributed by atoms with E-state index in [0.29, 0.717) is 0 Å². The summed E-state index contributed by atoms with van der Waals surface area (Å²) in [4.78, 5) is 30.8. The van der Waals surface area contributed by atoms with Crippen LogP contribution in [0, 0.1) is 0 Å². The van der Waals surface area contributed by atoms with Crippen LogP contribution in [0.1, 0.15) is 13.8 Å². The molecule has 76 valence electrons. The van der Waals surface area contributed by atoms with Crippen molar-refractivity contribution in [2.75, 3.05) is 20.9 Å². The average Bonchev–Trinajstić information content (AvgIpc) is 2.03. The Morgan fingerprint density at radius 3 is 1.54 bits per heavy atom. The van der Waals surface area contributed by atoms with Crippen molar-refractivity contribution >= 4 is 11.8 Å². The van der Waals surface area contributed by atoms with E-state index in [1.165, 1.54) is 27.9 Å². The highest BCUT2D eigenvalue weighted by molar-refractivity contribution is 5.71. The van der Waals surface area contributed by atoms with Gasteiger partial charge in [0.05, 0.1) is 0 Å². The molecule has 0 atom stereocenters. The molecule has 0 aliphatic rings. The molecule has 0 radical (unpaired) electrons. The number of carbonyl (C=O) groups is 2. The summed E-state index contributed by atoms with van der Waals surface area (Å²) in [5.74, 6) is -0.483. The molecular weight excluding hydrogens is 176 g/mol. The van der Waals surface area contributed by atoms with E-state index in [4.69, 9.17) is 9.68 Å². The van der Waals surface area contributed by atoms with E-state index in [0.717, 1.165) is 10.1 Å². The topological polar surface area (TPSA) is 59.1 Å². The first-order chi connectivity index (χ1) is 5.95. The van der Waals surface area contributed by atoms with Gasteiger partial charge in [-0.05, 0) is 0 Å². The van der Waals surface area contributed by atoms with Gasteiger partial charge in [-0.2, -0.15) is 0 Å². The van der Waals surface area contributed by atoms with Crippen LogP contribution in [0.25, 0.3) is 0 Å². The molecule has 0 fully saturated rings. The maximum absolute atomic E-state index is 10.6. The second-order valence-corrected chi connectivity index (χ2v) is 2.41. The summed E-state index contributed by atoms with van der Waals surface area (Å²) in [6, 6.07) is 0. The molecule has 0 spiro atoms. The molecule has 0 aromatic carbocycles. The highest BCUT2D eigenvalue weighted by atomic mass is 16.8. The van der Waals surface area contributed by atoms with Gasteiger partial charge in [0.15, 0.2) is 6.79 Å². The number of nitrogens with zero attached hydrogens (tertiary/aromatic N) is 2. The zero-order valence-electron chi connectivity index (χ0n) is 8.23. The van der Waals surface area contributed by atoms with Crippen molar-refractivity contribution in [2.24, 2.45) is 0 Å². The fourth-order valence-corrected chi connectivity index (χ4v) is 0.363. The highest BCUT2D eigenvalue weighted by Gasteiger charge is 2.05. The zero-order chi connectivity index (χ0) is 10.4. The Balaban J connectivity index is 3.56. The summed E-state index contributed by atoms with van der Waals surface area (Å²) in [6.07, 6.45) is 0. The van der Waals surface area contributed by atoms with Gasteiger partial charge in [-0.3, -0.25) is 9.59 Å². The normalized spacial score (nSPS) is 9.54. The van der Waals surface area contributed by atoms with Gasteiger partial charge in [-0.1, -0.05) is 0 Å². The van der Waals surface area contributed by atoms with E-state index in [-0.39, 0.29) is 18.6 Å². The summed E-state index contributed by atoms with van der Waals surface area (Å²) in [5, 5.41) is 2.04. The SMILES string of the molecule is CC(=O)N(C)OCON(C)C(C)=O. The molecule has 0 unspecified atom stereocenters. The number of rotatable bonds is 4. The fourth-order valence-electron chi connectivity index (χ4n) is 0.363. The predicted molar refractivity (Wildman–Crippen MR) is 43.9 cm³/mol. The van der Waals surface area contributed by atoms with Crippen molar-refractivity contribution in [3.8, 4) is 0 Å². The summed E-state index contributed by atoms with van der Waals surface area (Å²) >= 11 is 0. The van der Waals surface area contributed by atoms with Crippen molar-refractivity contribution in [3.63, 3.8) is 0 Å². The Labute approximate surface area is 76.9 Å². The molecule has 13 heavy (non-hydrogen) atoms. The smallest absolute Gasteiger partial charge is 0.242 e. The summed E-state index contributed by atoms with van der Waals surface area (Å²) < 4.78 is 0. The van der Waals surface area contributed by atoms with Gasteiger partial charge < -0.3 is 0 Å². The summed E-state index contributed by atoms with van der Waals surface area (Å²) in [7, 11) is 2.92. The van der Waals surface area contributed by atoms with Crippen LogP contribution in [0.15, 0.2) is 0 Å². The molecule has 2 amide bonds. The number of hydrogen-bond acceptors (Lipinski definition) is 4. The van der Waals surface area contributed by atoms with E-state index in [9.17, 15) is 9.59 Å². The third-order valence-corrected chi connectivity index (χ3v) is 1.38. The first kappa shape index (κ1) is 11.9. The fraction of sp³-hybridized carbons (Fsp3) is 0.714. The minimum absolute atomic E-state index is 0.174. The summed E-state index contributed by atoms with van der Waals surface area (Å²) in [6.45, 7) is 2.54. The Kier molecular flexibility index (Phi) is 5.01. The second-order valence-electron chi connectivity index (χ2n) is 2.41. The van der Waals surface area contributed by atoms with Crippen LogP contribution in [0.5, 0.6) is 0 Å². The van der Waals surface area contributed by atoms with Crippen LogP contribution in [-0.2, 0) is 19.3 Å². The molecule has 0 bridgehead atoms. The molecular formula is C7H14N2O4. The van der Waals surface area contributed by atoms with Crippen molar-refractivity contribution in [3.05, 3.63) is 0 Å². The van der Waals surface area contributed by atoms with Crippen molar-refractivity contribution in [1.82, 2.24) is 10.1 Å². The van der Waals surface area contributed by atoms with Crippen molar-refractivity contribution in [2.45, 2.75) is 13.8 Å². The van der Waals surface area contributed by atoms with Gasteiger partial charge in [0.25, 0.3) is 0 Å². The second kappa shape index (κ2) is 5.50. The first-order valence-corrected chi connectivity index (χ1v) is 3.69. The maximum Gasteiger partial charge on any atom is 0.242 e. The van der Waals surface area contributed by atoms with E-state index in [1.807, 2.05) is 0 Å². The minimum atomic E-state index is -0.242. The van der Waals surface area contributed by atoms with Crippen LogP contribution in [-0.4, -0.2) is 42.8 Å². The average molecular weight is 190 g/mol. The van der Waals surface area contributed by atoms with E-state index < -0.39 is 0 Å². The summed E-state index contributed by atoms with van der Waals surface area (Å²) in [5.41, 5.74) is 0. The lowest BCUT2D eigenvalue weighted by Gasteiger charge is -2.18. The van der Waals surface area contributed by atoms with Crippen molar-refractivity contribution < 1.29 is 19.3 Å². The van der Waals surface area contributed by atoms with E-state index >= 15 is 0 Å². The molecule has 6 heteroatoms. The Morgan fingerprint density at radius 1 is 1.00 bits per heavy atom. The number of hydrogen-bond donors (Lipinski definition) is 0. The third kappa shape index (κ3) is 5.15. The molecule has 0 saturated carbocycles. The van der Waals surface area contributed by atoms with Gasteiger partial charge in [-0.25, -0.2) is 19.8 Å². The van der Waals surface area contributed by atoms with Crippen LogP contribution in [0.4, 0.5) is 0 Å². The molecule has 6 nitrogen and oxygen atoms in total. The molecule has 0 saturated heterocycles. The molecule has 0 N–H and O–H groups in total. The lowest BCUT2D eigenvalue weighted by Crippen LogP contribution is -2.30. The standard InChI is InChI=1S/C7H14N2O4/c1-6(10)8(3)12-5-13-9(4)7(2)11/h5H2,1-4H3. The van der Waals surface area contributed by atoms with Gasteiger partial charge >= 0.3 is 0 Å². The first-order valence-electron chi connectivity index (χ1n) is 3.69. The number of amides is 2. The monoisotopic (exact) mass is 190 g/mol. The van der Waals surface area contributed by atoms with E-state index in [1.54, 1.807) is 0 Å². The molecule has 0 rings (SSSR count). The largest absolute Gasteiger partial charge is 0.273 e. The third-order valence-electron chi connectivity index (χ3n) is 1.38. The van der Waals surface area contributed by atoms with Crippen LogP contribution < -0.4 is 0 Å². The highest BCUT2D eigenvalue weighted by Crippen LogP contribution is 1.90. The van der Waals surface area contributed by atoms with Gasteiger partial charge in [0.1, 0.15) is 0 Å². The number of carbonyl (C=O) groups excluding carboxylic acids is 2. The molecule has 0 aromatic heterocycles. The molecule has 0 aromatic rings. The van der Waals surface area contributed by atoms with Gasteiger partial charge in [0, 0.05) is 27.9 Å². The predicted octanol–water partition coefficient (Wildman–Crippen LogP) is -0.236. The zero-order valence-corrected chi connectivity index (χ0v) is 8.23. The van der Waals surface area contributed by atoms with Gasteiger partial charge in [0.2, 0.25) is 11.8 Å². The van der Waals surface area contributed by atoms with Crippen LogP contribution in [0.3, 0.4) is 0 Å². The van der Waals surface area contributed by atoms with Crippen LogP contribution >= 0.6 is 0 Å². The maximum atomic E-state index is 10.6. The molecule has 0 heterocycles. The minimum Gasteiger partial charge on any atom is -0.273 e. The molecule has 0 aliphatic carbocycles. The Morgan fingerprint density at radius 2 is 1.31 bits per heavy atom. The molecule has 0 aliphatic heterocycles. The quantitative estimate of drug-likeness (QED) is 0.453. The van der Waals surface area contributed by atoms with Crippen molar-refractivity contribution in [1.29, 1.82) is 0 Å². The Hall–Kier alpha value is -1.14.